The maximum absolute atomic E-state index is 11.3. The van der Waals surface area contributed by atoms with E-state index < -0.39 is 6.10 Å². The van der Waals surface area contributed by atoms with Gasteiger partial charge in [0, 0.05) is 25.4 Å². The fourth-order valence-corrected chi connectivity index (χ4v) is 2.76. The van der Waals surface area contributed by atoms with Crippen LogP contribution in [0.4, 0.5) is 0 Å². The van der Waals surface area contributed by atoms with Crippen molar-refractivity contribution in [3.05, 3.63) is 20.8 Å². The summed E-state index contributed by atoms with van der Waals surface area (Å²) in [6.45, 7) is 0. The molecule has 16 heavy (non-hydrogen) atoms. The first-order chi connectivity index (χ1) is 7.50. The minimum atomic E-state index is -0.453. The zero-order valence-corrected chi connectivity index (χ0v) is 11.8. The van der Waals surface area contributed by atoms with Crippen LogP contribution in [-0.4, -0.2) is 30.0 Å². The summed E-state index contributed by atoms with van der Waals surface area (Å²) in [5, 5.41) is 9.85. The van der Waals surface area contributed by atoms with Gasteiger partial charge in [0.1, 0.15) is 0 Å². The van der Waals surface area contributed by atoms with Gasteiger partial charge in [-0.2, -0.15) is 0 Å². The molecular weight excluding hydrogens is 290 g/mol. The number of carbonyl (C=O) groups is 1. The van der Waals surface area contributed by atoms with E-state index in [9.17, 15) is 9.90 Å². The summed E-state index contributed by atoms with van der Waals surface area (Å²) < 4.78 is 1.02. The van der Waals surface area contributed by atoms with Crippen LogP contribution >= 0.6 is 27.3 Å². The van der Waals surface area contributed by atoms with Gasteiger partial charge in [0.15, 0.2) is 0 Å². The van der Waals surface area contributed by atoms with E-state index in [1.807, 2.05) is 12.1 Å². The molecule has 1 aromatic heterocycles. The number of nitrogens with zero attached hydrogens (tertiary/aromatic N) is 1. The molecular formula is C11H16BrNO2S. The molecule has 1 heterocycles. The second-order valence-corrected chi connectivity index (χ2v) is 6.33. The van der Waals surface area contributed by atoms with Gasteiger partial charge in [0.05, 0.1) is 9.89 Å². The van der Waals surface area contributed by atoms with Crippen LogP contribution in [0, 0.1) is 0 Å². The van der Waals surface area contributed by atoms with Crippen LogP contribution < -0.4 is 0 Å². The SMILES string of the molecule is CN(C)C(=O)CCCC(O)c1ccc(Br)s1. The van der Waals surface area contributed by atoms with E-state index >= 15 is 0 Å². The molecule has 1 N–H and O–H groups in total. The average molecular weight is 306 g/mol. The number of carbonyl (C=O) groups excluding carboxylic acids is 1. The summed E-state index contributed by atoms with van der Waals surface area (Å²) >= 11 is 4.89. The monoisotopic (exact) mass is 305 g/mol. The lowest BCUT2D eigenvalue weighted by molar-refractivity contribution is -0.128. The van der Waals surface area contributed by atoms with Gasteiger partial charge in [-0.25, -0.2) is 0 Å². The van der Waals surface area contributed by atoms with Gasteiger partial charge in [0.25, 0.3) is 0 Å². The highest BCUT2D eigenvalue weighted by Gasteiger charge is 2.11. The molecule has 0 aliphatic carbocycles. The molecule has 1 atom stereocenters. The molecule has 1 unspecified atom stereocenters. The molecule has 0 saturated carbocycles. The molecule has 1 aromatic rings. The molecule has 0 fully saturated rings. The molecule has 5 heteroatoms. The van der Waals surface area contributed by atoms with E-state index in [1.54, 1.807) is 19.0 Å². The van der Waals surface area contributed by atoms with Crippen molar-refractivity contribution in [1.29, 1.82) is 0 Å². The lowest BCUT2D eigenvalue weighted by atomic mass is 10.1. The van der Waals surface area contributed by atoms with Gasteiger partial charge in [0.2, 0.25) is 5.91 Å². The largest absolute Gasteiger partial charge is 0.388 e. The van der Waals surface area contributed by atoms with Crippen molar-refractivity contribution >= 4 is 33.2 Å². The maximum Gasteiger partial charge on any atom is 0.222 e. The molecule has 0 aromatic carbocycles. The third-order valence-corrected chi connectivity index (χ3v) is 4.01. The van der Waals surface area contributed by atoms with E-state index in [4.69, 9.17) is 0 Å². The van der Waals surface area contributed by atoms with E-state index in [1.165, 1.54) is 11.3 Å². The highest BCUT2D eigenvalue weighted by molar-refractivity contribution is 9.11. The Morgan fingerprint density at radius 1 is 1.56 bits per heavy atom. The van der Waals surface area contributed by atoms with Gasteiger partial charge < -0.3 is 10.0 Å². The van der Waals surface area contributed by atoms with Gasteiger partial charge in [-0.1, -0.05) is 0 Å². The van der Waals surface area contributed by atoms with Crippen LogP contribution in [0.25, 0.3) is 0 Å². The fourth-order valence-electron chi connectivity index (χ4n) is 1.32. The Kier molecular flexibility index (Phi) is 5.44. The highest BCUT2D eigenvalue weighted by atomic mass is 79.9. The summed E-state index contributed by atoms with van der Waals surface area (Å²) in [4.78, 5) is 13.8. The van der Waals surface area contributed by atoms with Gasteiger partial charge >= 0.3 is 0 Å². The number of rotatable bonds is 5. The zero-order valence-electron chi connectivity index (χ0n) is 9.44. The number of hydrogen-bond acceptors (Lipinski definition) is 3. The molecule has 90 valence electrons. The van der Waals surface area contributed by atoms with Crippen molar-refractivity contribution in [3.63, 3.8) is 0 Å². The minimum Gasteiger partial charge on any atom is -0.388 e. The Labute approximate surface area is 108 Å². The molecule has 0 bridgehead atoms. The first kappa shape index (κ1) is 13.7. The summed E-state index contributed by atoms with van der Waals surface area (Å²) in [5.74, 6) is 0.111. The van der Waals surface area contributed by atoms with Gasteiger partial charge in [-0.15, -0.1) is 11.3 Å². The summed E-state index contributed by atoms with van der Waals surface area (Å²) in [7, 11) is 3.49. The first-order valence-electron chi connectivity index (χ1n) is 5.14. The normalized spacial score (nSPS) is 12.5. The lowest BCUT2D eigenvalue weighted by Crippen LogP contribution is -2.21. The molecule has 1 rings (SSSR count). The quantitative estimate of drug-likeness (QED) is 0.909. The third-order valence-electron chi connectivity index (χ3n) is 2.29. The molecule has 0 aliphatic heterocycles. The first-order valence-corrected chi connectivity index (χ1v) is 6.75. The summed E-state index contributed by atoms with van der Waals surface area (Å²) in [6.07, 6.45) is 1.39. The molecule has 0 spiro atoms. The third kappa shape index (κ3) is 4.23. The van der Waals surface area contributed by atoms with Crippen LogP contribution in [0.15, 0.2) is 15.9 Å². The fraction of sp³-hybridized carbons (Fsp3) is 0.545. The van der Waals surface area contributed by atoms with E-state index in [0.717, 1.165) is 8.66 Å². The van der Waals surface area contributed by atoms with Crippen LogP contribution in [0.1, 0.15) is 30.2 Å². The topological polar surface area (TPSA) is 40.5 Å². The van der Waals surface area contributed by atoms with Gasteiger partial charge in [-0.05, 0) is 40.9 Å². The van der Waals surface area contributed by atoms with Crippen molar-refractivity contribution in [1.82, 2.24) is 4.90 Å². The highest BCUT2D eigenvalue weighted by Crippen LogP contribution is 2.29. The van der Waals surface area contributed by atoms with Crippen LogP contribution in [-0.2, 0) is 4.79 Å². The average Bonchev–Trinajstić information content (AvgIpc) is 2.64. The van der Waals surface area contributed by atoms with Crippen LogP contribution in [0.5, 0.6) is 0 Å². The molecule has 0 saturated heterocycles. The van der Waals surface area contributed by atoms with E-state index in [2.05, 4.69) is 15.9 Å². The maximum atomic E-state index is 11.3. The molecule has 1 amide bonds. The predicted molar refractivity (Wildman–Crippen MR) is 69.5 cm³/mol. The minimum absolute atomic E-state index is 0.111. The predicted octanol–water partition coefficient (Wildman–Crippen LogP) is 2.80. The number of amides is 1. The Balaban J connectivity index is 2.31. The van der Waals surface area contributed by atoms with Crippen molar-refractivity contribution in [2.75, 3.05) is 14.1 Å². The lowest BCUT2D eigenvalue weighted by Gasteiger charge is -2.11. The summed E-state index contributed by atoms with van der Waals surface area (Å²) in [5.41, 5.74) is 0. The molecule has 0 aliphatic rings. The van der Waals surface area contributed by atoms with E-state index in [0.29, 0.717) is 19.3 Å². The number of aliphatic hydroxyl groups excluding tert-OH is 1. The standard InChI is InChI=1S/C11H16BrNO2S/c1-13(2)11(15)5-3-4-8(14)9-6-7-10(12)16-9/h6-8,14H,3-5H2,1-2H3. The molecule has 0 radical (unpaired) electrons. The number of aliphatic hydroxyl groups is 1. The number of thiophene rings is 1. The van der Waals surface area contributed by atoms with Gasteiger partial charge in [-0.3, -0.25) is 4.79 Å². The Bertz CT molecular complexity index is 352. The second-order valence-electron chi connectivity index (χ2n) is 3.84. The smallest absolute Gasteiger partial charge is 0.222 e. The van der Waals surface area contributed by atoms with Crippen molar-refractivity contribution < 1.29 is 9.90 Å². The summed E-state index contributed by atoms with van der Waals surface area (Å²) in [6, 6.07) is 3.83. The van der Waals surface area contributed by atoms with Crippen LogP contribution in [0.3, 0.4) is 0 Å². The zero-order chi connectivity index (χ0) is 12.1. The molecule has 3 nitrogen and oxygen atoms in total. The van der Waals surface area contributed by atoms with Crippen molar-refractivity contribution in [3.8, 4) is 0 Å². The number of halogens is 1. The van der Waals surface area contributed by atoms with Crippen LogP contribution in [0.2, 0.25) is 0 Å². The Morgan fingerprint density at radius 3 is 2.75 bits per heavy atom. The van der Waals surface area contributed by atoms with Crippen molar-refractivity contribution in [2.45, 2.75) is 25.4 Å². The number of hydrogen-bond donors (Lipinski definition) is 1. The second kappa shape index (κ2) is 6.37. The Hall–Kier alpha value is -0.390. The Morgan fingerprint density at radius 2 is 2.25 bits per heavy atom. The van der Waals surface area contributed by atoms with Crippen molar-refractivity contribution in [2.24, 2.45) is 0 Å². The van der Waals surface area contributed by atoms with E-state index in [-0.39, 0.29) is 5.91 Å².